The van der Waals surface area contributed by atoms with E-state index < -0.39 is 7.82 Å². The van der Waals surface area contributed by atoms with Gasteiger partial charge in [-0.25, -0.2) is 0 Å². The molecular weight excluding hydrogens is 191 g/mol. The van der Waals surface area contributed by atoms with Gasteiger partial charge in [-0.1, -0.05) is 26.2 Å². The van der Waals surface area contributed by atoms with Crippen LogP contribution in [0.25, 0.3) is 0 Å². The number of fused-ring (bicyclic) bond motifs is 1. The van der Waals surface area contributed by atoms with Crippen molar-refractivity contribution in [3.05, 3.63) is 11.7 Å². The van der Waals surface area contributed by atoms with Crippen molar-refractivity contribution in [1.82, 2.24) is 0 Å². The first-order valence-corrected chi connectivity index (χ1v) is 6.11. The summed E-state index contributed by atoms with van der Waals surface area (Å²) in [6.45, 7) is 2.16. The number of rotatable bonds is 5. The minimum atomic E-state index is -3.09. The molecular formula is C8H13O4P. The predicted molar refractivity (Wildman–Crippen MR) is 46.6 cm³/mol. The number of phosphoric ester groups is 1. The molecule has 1 saturated heterocycles. The molecule has 0 radical (unpaired) electrons. The minimum absolute atomic E-state index is 0.347. The van der Waals surface area contributed by atoms with Crippen LogP contribution in [0.15, 0.2) is 11.7 Å². The molecule has 0 aromatic rings. The van der Waals surface area contributed by atoms with Crippen LogP contribution < -0.4 is 0 Å². The topological polar surface area (TPSA) is 44.8 Å². The van der Waals surface area contributed by atoms with Gasteiger partial charge >= 0.3 is 13.8 Å². The van der Waals surface area contributed by atoms with Crippen LogP contribution in [-0.4, -0.2) is 0 Å². The van der Waals surface area contributed by atoms with Crippen molar-refractivity contribution in [2.75, 3.05) is 0 Å². The van der Waals surface area contributed by atoms with E-state index in [1.54, 1.807) is 0 Å². The summed E-state index contributed by atoms with van der Waals surface area (Å²) in [5.74, 6) is 0.985. The van der Waals surface area contributed by atoms with Gasteiger partial charge in [-0.05, 0) is 6.42 Å². The Hall–Kier alpha value is -0.630. The van der Waals surface area contributed by atoms with E-state index in [9.17, 15) is 4.57 Å². The fourth-order valence-electron chi connectivity index (χ4n) is 1.38. The lowest BCUT2D eigenvalue weighted by Crippen LogP contribution is -1.99. The van der Waals surface area contributed by atoms with Gasteiger partial charge in [-0.15, -0.1) is 0 Å². The van der Waals surface area contributed by atoms with E-state index >= 15 is 0 Å². The second kappa shape index (κ2) is 3.26. The van der Waals surface area contributed by atoms with Gasteiger partial charge in [-0.3, -0.25) is 0 Å². The van der Waals surface area contributed by atoms with E-state index in [-0.39, 0.29) is 0 Å². The lowest BCUT2D eigenvalue weighted by atomic mass is 10.1. The number of unbranched alkanes of at least 4 members (excludes halogenated alkanes) is 3. The van der Waals surface area contributed by atoms with E-state index in [0.29, 0.717) is 11.7 Å². The van der Waals surface area contributed by atoms with Crippen molar-refractivity contribution >= 4 is 7.82 Å². The molecule has 2 bridgehead atoms. The molecule has 0 amide bonds. The SMILES string of the molecule is CCCCCCC1=C2OP(=O)(O1)O2. The molecule has 0 unspecified atom stereocenters. The molecule has 0 aromatic carbocycles. The fraction of sp³-hybridized carbons (Fsp3) is 0.750. The molecule has 3 rings (SSSR count). The molecule has 0 saturated carbocycles. The monoisotopic (exact) mass is 204 g/mol. The van der Waals surface area contributed by atoms with Crippen molar-refractivity contribution in [3.63, 3.8) is 0 Å². The predicted octanol–water partition coefficient (Wildman–Crippen LogP) is 3.31. The molecule has 0 aliphatic carbocycles. The fourth-order valence-corrected chi connectivity index (χ4v) is 2.52. The lowest BCUT2D eigenvalue weighted by Gasteiger charge is -2.15. The first-order valence-electron chi connectivity index (χ1n) is 4.65. The third kappa shape index (κ3) is 1.68. The quantitative estimate of drug-likeness (QED) is 0.509. The van der Waals surface area contributed by atoms with E-state index in [1.165, 1.54) is 19.3 Å². The van der Waals surface area contributed by atoms with Crippen molar-refractivity contribution in [2.24, 2.45) is 0 Å². The molecule has 13 heavy (non-hydrogen) atoms. The Labute approximate surface area is 77.5 Å². The Kier molecular flexibility index (Phi) is 2.24. The molecule has 3 aliphatic rings. The van der Waals surface area contributed by atoms with Gasteiger partial charge < -0.3 is 13.6 Å². The van der Waals surface area contributed by atoms with Crippen LogP contribution in [0.5, 0.6) is 0 Å². The van der Waals surface area contributed by atoms with Gasteiger partial charge in [0.2, 0.25) is 0 Å². The molecule has 0 N–H and O–H groups in total. The Bertz CT molecular complexity index is 272. The number of phosphoric acid groups is 1. The maximum absolute atomic E-state index is 11.1. The molecule has 74 valence electrons. The number of hydrogen-bond donors (Lipinski definition) is 0. The maximum atomic E-state index is 11.1. The highest BCUT2D eigenvalue weighted by molar-refractivity contribution is 7.50. The second-order valence-corrected chi connectivity index (χ2v) is 4.68. The van der Waals surface area contributed by atoms with Gasteiger partial charge in [0.05, 0.1) is 0 Å². The smallest absolute Gasteiger partial charge is 0.383 e. The van der Waals surface area contributed by atoms with Crippen LogP contribution in [0.4, 0.5) is 0 Å². The Morgan fingerprint density at radius 3 is 2.46 bits per heavy atom. The van der Waals surface area contributed by atoms with Crippen LogP contribution in [-0.2, 0) is 18.1 Å². The van der Waals surface area contributed by atoms with Gasteiger partial charge in [0.1, 0.15) is 0 Å². The number of allylic oxidation sites excluding steroid dienone is 1. The third-order valence-electron chi connectivity index (χ3n) is 2.10. The molecule has 0 atom stereocenters. The highest BCUT2D eigenvalue weighted by atomic mass is 31.2. The van der Waals surface area contributed by atoms with Crippen LogP contribution in [0.1, 0.15) is 39.0 Å². The van der Waals surface area contributed by atoms with Gasteiger partial charge in [0, 0.05) is 6.42 Å². The number of hydrogen-bond acceptors (Lipinski definition) is 4. The molecule has 4 nitrogen and oxygen atoms in total. The van der Waals surface area contributed by atoms with E-state index in [0.717, 1.165) is 12.8 Å². The third-order valence-corrected chi connectivity index (χ3v) is 3.32. The highest BCUT2D eigenvalue weighted by Crippen LogP contribution is 2.70. The summed E-state index contributed by atoms with van der Waals surface area (Å²) >= 11 is 0. The Morgan fingerprint density at radius 2 is 1.92 bits per heavy atom. The molecule has 0 spiro atoms. The highest BCUT2D eigenvalue weighted by Gasteiger charge is 2.55. The zero-order chi connectivity index (χ0) is 9.31. The van der Waals surface area contributed by atoms with E-state index in [4.69, 9.17) is 13.6 Å². The summed E-state index contributed by atoms with van der Waals surface area (Å²) in [5.41, 5.74) is 0. The Balaban J connectivity index is 1.72. The van der Waals surface area contributed by atoms with Crippen molar-refractivity contribution < 1.29 is 18.1 Å². The minimum Gasteiger partial charge on any atom is -0.383 e. The summed E-state index contributed by atoms with van der Waals surface area (Å²) in [7, 11) is -3.09. The summed E-state index contributed by atoms with van der Waals surface area (Å²) in [6.07, 6.45) is 5.42. The lowest BCUT2D eigenvalue weighted by molar-refractivity contribution is 0.0985. The van der Waals surface area contributed by atoms with Crippen LogP contribution in [0.2, 0.25) is 0 Å². The molecule has 3 heterocycles. The second-order valence-electron chi connectivity index (χ2n) is 3.24. The first kappa shape index (κ1) is 8.95. The van der Waals surface area contributed by atoms with Crippen LogP contribution >= 0.6 is 7.82 Å². The zero-order valence-corrected chi connectivity index (χ0v) is 8.51. The summed E-state index contributed by atoms with van der Waals surface area (Å²) < 4.78 is 25.7. The first-order chi connectivity index (χ1) is 6.23. The molecule has 1 fully saturated rings. The summed E-state index contributed by atoms with van der Waals surface area (Å²) in [5, 5.41) is 0. The Morgan fingerprint density at radius 1 is 1.15 bits per heavy atom. The maximum Gasteiger partial charge on any atom is 0.651 e. The summed E-state index contributed by atoms with van der Waals surface area (Å²) in [4.78, 5) is 0. The van der Waals surface area contributed by atoms with Crippen molar-refractivity contribution in [2.45, 2.75) is 39.0 Å². The molecule has 0 aromatic heterocycles. The standard InChI is InChI=1S/C8H13O4P/c1-2-3-4-5-6-7-8-11-13(9,10-7)12-8/h2-6H2,1H3. The van der Waals surface area contributed by atoms with E-state index in [1.807, 2.05) is 0 Å². The van der Waals surface area contributed by atoms with Crippen molar-refractivity contribution in [1.29, 1.82) is 0 Å². The van der Waals surface area contributed by atoms with Crippen LogP contribution in [0.3, 0.4) is 0 Å². The average Bonchev–Trinajstić information content (AvgIpc) is 2.51. The summed E-state index contributed by atoms with van der Waals surface area (Å²) in [6, 6.07) is 0. The molecule has 5 heteroatoms. The normalized spacial score (nSPS) is 21.6. The van der Waals surface area contributed by atoms with Crippen molar-refractivity contribution in [3.8, 4) is 0 Å². The van der Waals surface area contributed by atoms with E-state index in [2.05, 4.69) is 6.92 Å². The van der Waals surface area contributed by atoms with Crippen LogP contribution in [0, 0.1) is 0 Å². The largest absolute Gasteiger partial charge is 0.651 e. The van der Waals surface area contributed by atoms with Gasteiger partial charge in [-0.2, -0.15) is 4.57 Å². The van der Waals surface area contributed by atoms with Gasteiger partial charge in [0.25, 0.3) is 0 Å². The zero-order valence-electron chi connectivity index (χ0n) is 7.62. The van der Waals surface area contributed by atoms with Gasteiger partial charge in [0.15, 0.2) is 5.76 Å². The molecule has 3 aliphatic heterocycles. The average molecular weight is 204 g/mol.